The number of fused-ring (bicyclic) bond motifs is 5. The van der Waals surface area contributed by atoms with Crippen molar-refractivity contribution in [2.24, 2.45) is 11.8 Å². The maximum atomic E-state index is 3.70. The van der Waals surface area contributed by atoms with Crippen LogP contribution in [0.3, 0.4) is 0 Å². The zero-order chi connectivity index (χ0) is 15.3. The molecule has 0 unspecified atom stereocenters. The summed E-state index contributed by atoms with van der Waals surface area (Å²) in [5, 5.41) is 1.44. The SMILES string of the molecule is CC=C1CN(C)[C@@H]2Cc3c([nH]c4ccccc34)CC[C@@H]1[C@@H]2C. The normalized spacial score (nSPS) is 31.0. The van der Waals surface area contributed by atoms with Crippen molar-refractivity contribution in [1.82, 2.24) is 9.88 Å². The molecule has 4 rings (SSSR count). The summed E-state index contributed by atoms with van der Waals surface area (Å²) in [6.45, 7) is 5.82. The Hall–Kier alpha value is -1.54. The van der Waals surface area contributed by atoms with Gasteiger partial charge in [0.2, 0.25) is 0 Å². The summed E-state index contributed by atoms with van der Waals surface area (Å²) < 4.78 is 0. The first kappa shape index (κ1) is 14.1. The third-order valence-corrected chi connectivity index (χ3v) is 6.11. The largest absolute Gasteiger partial charge is 0.358 e. The molecule has 0 radical (unpaired) electrons. The molecular formula is C20H26N2. The summed E-state index contributed by atoms with van der Waals surface area (Å²) in [5.41, 5.74) is 6.01. The molecule has 0 amide bonds. The van der Waals surface area contributed by atoms with Crippen LogP contribution < -0.4 is 0 Å². The molecule has 1 fully saturated rings. The first-order chi connectivity index (χ1) is 10.7. The number of likely N-dealkylation sites (N-methyl/N-ethyl adjacent to an activating group) is 1. The number of nitrogens with zero attached hydrogens (tertiary/aromatic N) is 1. The number of para-hydroxylation sites is 1. The van der Waals surface area contributed by atoms with E-state index < -0.39 is 0 Å². The molecule has 0 spiro atoms. The smallest absolute Gasteiger partial charge is 0.0458 e. The number of aromatic nitrogens is 1. The van der Waals surface area contributed by atoms with Crippen molar-refractivity contribution in [3.63, 3.8) is 0 Å². The Morgan fingerprint density at radius 1 is 1.27 bits per heavy atom. The van der Waals surface area contributed by atoms with Gasteiger partial charge in [-0.1, -0.05) is 36.8 Å². The Labute approximate surface area is 133 Å². The van der Waals surface area contributed by atoms with Crippen molar-refractivity contribution in [3.05, 3.63) is 47.2 Å². The maximum Gasteiger partial charge on any atom is 0.0458 e. The van der Waals surface area contributed by atoms with Crippen LogP contribution in [0, 0.1) is 11.8 Å². The minimum Gasteiger partial charge on any atom is -0.358 e. The quantitative estimate of drug-likeness (QED) is 0.723. The molecule has 0 saturated carbocycles. The Kier molecular flexibility index (Phi) is 3.37. The van der Waals surface area contributed by atoms with Crippen LogP contribution in [0.15, 0.2) is 35.9 Å². The Morgan fingerprint density at radius 2 is 2.09 bits per heavy atom. The lowest BCUT2D eigenvalue weighted by Crippen LogP contribution is -2.49. The van der Waals surface area contributed by atoms with Crippen LogP contribution >= 0.6 is 0 Å². The number of hydrogen-bond donors (Lipinski definition) is 1. The van der Waals surface area contributed by atoms with Crippen molar-refractivity contribution in [1.29, 1.82) is 0 Å². The average molecular weight is 294 g/mol. The van der Waals surface area contributed by atoms with Crippen LogP contribution in [0.5, 0.6) is 0 Å². The van der Waals surface area contributed by atoms with Crippen LogP contribution in [0.1, 0.15) is 31.5 Å². The summed E-state index contributed by atoms with van der Waals surface area (Å²) >= 11 is 0. The molecule has 22 heavy (non-hydrogen) atoms. The van der Waals surface area contributed by atoms with Gasteiger partial charge in [0, 0.05) is 29.2 Å². The highest BCUT2D eigenvalue weighted by Crippen LogP contribution is 2.40. The maximum absolute atomic E-state index is 3.70. The van der Waals surface area contributed by atoms with Gasteiger partial charge in [-0.2, -0.15) is 0 Å². The zero-order valence-corrected chi connectivity index (χ0v) is 13.9. The Balaban J connectivity index is 1.82. The van der Waals surface area contributed by atoms with Crippen LogP contribution in [-0.4, -0.2) is 29.5 Å². The minimum absolute atomic E-state index is 0.659. The van der Waals surface area contributed by atoms with Crippen molar-refractivity contribution >= 4 is 10.9 Å². The topological polar surface area (TPSA) is 19.0 Å². The second kappa shape index (κ2) is 5.27. The molecule has 1 aromatic carbocycles. The van der Waals surface area contributed by atoms with Gasteiger partial charge in [-0.05, 0) is 56.7 Å². The van der Waals surface area contributed by atoms with E-state index in [9.17, 15) is 0 Å². The third kappa shape index (κ3) is 2.04. The third-order valence-electron chi connectivity index (χ3n) is 6.11. The number of allylic oxidation sites excluding steroid dienone is 1. The fourth-order valence-electron chi connectivity index (χ4n) is 4.84. The lowest BCUT2D eigenvalue weighted by molar-refractivity contribution is 0.113. The Morgan fingerprint density at radius 3 is 2.91 bits per heavy atom. The molecule has 1 aliphatic carbocycles. The molecule has 2 heterocycles. The van der Waals surface area contributed by atoms with Crippen LogP contribution in [0.4, 0.5) is 0 Å². The summed E-state index contributed by atoms with van der Waals surface area (Å²) in [5.74, 6) is 1.50. The van der Waals surface area contributed by atoms with E-state index in [1.165, 1.54) is 35.9 Å². The number of piperidine rings is 1. The first-order valence-electron chi connectivity index (χ1n) is 8.62. The number of hydrogen-bond acceptors (Lipinski definition) is 1. The van der Waals surface area contributed by atoms with Crippen LogP contribution in [0.2, 0.25) is 0 Å². The highest BCUT2D eigenvalue weighted by Gasteiger charge is 2.38. The van der Waals surface area contributed by atoms with Gasteiger partial charge in [-0.25, -0.2) is 0 Å². The number of benzene rings is 1. The van der Waals surface area contributed by atoms with Gasteiger partial charge in [0.25, 0.3) is 0 Å². The molecule has 2 nitrogen and oxygen atoms in total. The number of nitrogens with one attached hydrogen (secondary N) is 1. The van der Waals surface area contributed by atoms with Gasteiger partial charge in [0.1, 0.15) is 0 Å². The molecule has 2 bridgehead atoms. The van der Waals surface area contributed by atoms with Crippen molar-refractivity contribution in [2.45, 2.75) is 39.2 Å². The van der Waals surface area contributed by atoms with E-state index >= 15 is 0 Å². The first-order valence-corrected chi connectivity index (χ1v) is 8.62. The molecule has 2 aliphatic rings. The van der Waals surface area contributed by atoms with Gasteiger partial charge in [-0.15, -0.1) is 0 Å². The van der Waals surface area contributed by atoms with E-state index in [1.807, 2.05) is 0 Å². The Bertz CT molecular complexity index is 724. The van der Waals surface area contributed by atoms with E-state index in [4.69, 9.17) is 0 Å². The lowest BCUT2D eigenvalue weighted by atomic mass is 9.71. The van der Waals surface area contributed by atoms with E-state index in [0.717, 1.165) is 18.4 Å². The van der Waals surface area contributed by atoms with Crippen LogP contribution in [0.25, 0.3) is 10.9 Å². The number of aryl methyl sites for hydroxylation is 1. The highest BCUT2D eigenvalue weighted by atomic mass is 15.1. The number of likely N-dealkylation sites (tertiary alicyclic amines) is 1. The standard InChI is InChI=1S/C20H26N2/c1-4-14-12-22(3)20-11-17-16-7-5-6-8-18(16)21-19(17)10-9-15(14)13(20)2/h4-8,13,15,20-21H,9-12H2,1-3H3/t13-,15+,20+/m0/s1. The van der Waals surface area contributed by atoms with Crippen molar-refractivity contribution < 1.29 is 0 Å². The summed E-state index contributed by atoms with van der Waals surface area (Å²) in [6, 6.07) is 9.47. The van der Waals surface area contributed by atoms with E-state index in [0.29, 0.717) is 6.04 Å². The predicted molar refractivity (Wildman–Crippen MR) is 93.2 cm³/mol. The summed E-state index contributed by atoms with van der Waals surface area (Å²) in [6.07, 6.45) is 6.02. The van der Waals surface area contributed by atoms with Gasteiger partial charge in [0.05, 0.1) is 0 Å². The van der Waals surface area contributed by atoms with E-state index in [-0.39, 0.29) is 0 Å². The predicted octanol–water partition coefficient (Wildman–Crippen LogP) is 4.17. The second-order valence-electron chi connectivity index (χ2n) is 7.18. The highest BCUT2D eigenvalue weighted by molar-refractivity contribution is 5.84. The number of H-pyrrole nitrogens is 1. The summed E-state index contributed by atoms with van der Waals surface area (Å²) in [4.78, 5) is 6.27. The number of aromatic amines is 1. The fourth-order valence-corrected chi connectivity index (χ4v) is 4.84. The molecular weight excluding hydrogens is 268 g/mol. The molecule has 2 aromatic rings. The lowest BCUT2D eigenvalue weighted by Gasteiger charge is -2.45. The minimum atomic E-state index is 0.659. The average Bonchev–Trinajstić information content (AvgIpc) is 2.86. The van der Waals surface area contributed by atoms with E-state index in [2.05, 4.69) is 61.1 Å². The van der Waals surface area contributed by atoms with Crippen LogP contribution in [-0.2, 0) is 12.8 Å². The second-order valence-corrected chi connectivity index (χ2v) is 7.18. The molecule has 1 aromatic heterocycles. The van der Waals surface area contributed by atoms with Gasteiger partial charge >= 0.3 is 0 Å². The molecule has 1 aliphatic heterocycles. The van der Waals surface area contributed by atoms with E-state index in [1.54, 1.807) is 11.1 Å². The molecule has 3 atom stereocenters. The number of rotatable bonds is 0. The van der Waals surface area contributed by atoms with Crippen molar-refractivity contribution in [2.75, 3.05) is 13.6 Å². The van der Waals surface area contributed by atoms with Gasteiger partial charge < -0.3 is 4.98 Å². The van der Waals surface area contributed by atoms with Gasteiger partial charge in [-0.3, -0.25) is 4.90 Å². The molecule has 1 N–H and O–H groups in total. The van der Waals surface area contributed by atoms with Gasteiger partial charge in [0.15, 0.2) is 0 Å². The van der Waals surface area contributed by atoms with Crippen molar-refractivity contribution in [3.8, 4) is 0 Å². The zero-order valence-electron chi connectivity index (χ0n) is 13.9. The monoisotopic (exact) mass is 294 g/mol. The fraction of sp³-hybridized carbons (Fsp3) is 0.500. The summed E-state index contributed by atoms with van der Waals surface area (Å²) in [7, 11) is 2.30. The molecule has 1 saturated heterocycles. The molecule has 2 heteroatoms. The molecule has 116 valence electrons.